The van der Waals surface area contributed by atoms with Crippen molar-refractivity contribution in [2.24, 2.45) is 0 Å². The summed E-state index contributed by atoms with van der Waals surface area (Å²) in [5.41, 5.74) is 6.89. The lowest BCUT2D eigenvalue weighted by molar-refractivity contribution is -0.0819. The molecule has 2 saturated heterocycles. The molecule has 0 unspecified atom stereocenters. The first-order valence-corrected chi connectivity index (χ1v) is 6.08. The smallest absolute Gasteiger partial charge is 0.148 e. The van der Waals surface area contributed by atoms with Crippen LogP contribution in [0.4, 0.5) is 5.69 Å². The average Bonchev–Trinajstić information content (AvgIpc) is 2.31. The van der Waals surface area contributed by atoms with Gasteiger partial charge in [0.15, 0.2) is 0 Å². The standard InChI is InChI=1S/C13H14N2O4/c14-3-8-1-11(18-9-4-16-5-9)13(15)12(2-8)19-10-6-17-7-10/h1-2,9-10H,4-7,15H2. The Labute approximate surface area is 110 Å². The predicted octanol–water partition coefficient (Wildman–Crippen LogP) is 0.696. The van der Waals surface area contributed by atoms with Crippen molar-refractivity contribution in [1.29, 1.82) is 5.26 Å². The molecular formula is C13H14N2O4. The van der Waals surface area contributed by atoms with Crippen molar-refractivity contribution in [3.63, 3.8) is 0 Å². The summed E-state index contributed by atoms with van der Waals surface area (Å²) in [6, 6.07) is 5.32. The SMILES string of the molecule is N#Cc1cc(OC2COC2)c(N)c(OC2COC2)c1. The molecule has 2 aliphatic heterocycles. The lowest BCUT2D eigenvalue weighted by atomic mass is 10.1. The van der Waals surface area contributed by atoms with E-state index in [9.17, 15) is 0 Å². The monoisotopic (exact) mass is 262 g/mol. The predicted molar refractivity (Wildman–Crippen MR) is 66.0 cm³/mol. The number of rotatable bonds is 4. The number of nitrogens with zero attached hydrogens (tertiary/aromatic N) is 1. The van der Waals surface area contributed by atoms with Crippen molar-refractivity contribution < 1.29 is 18.9 Å². The van der Waals surface area contributed by atoms with E-state index in [2.05, 4.69) is 6.07 Å². The first kappa shape index (κ1) is 12.1. The molecule has 0 bridgehead atoms. The van der Waals surface area contributed by atoms with Gasteiger partial charge in [0.25, 0.3) is 0 Å². The molecule has 0 radical (unpaired) electrons. The average molecular weight is 262 g/mol. The van der Waals surface area contributed by atoms with Crippen molar-refractivity contribution in [3.05, 3.63) is 17.7 Å². The van der Waals surface area contributed by atoms with Crippen LogP contribution in [0, 0.1) is 11.3 Å². The molecule has 0 amide bonds. The number of benzene rings is 1. The number of anilines is 1. The normalized spacial score (nSPS) is 19.1. The fourth-order valence-electron chi connectivity index (χ4n) is 1.78. The van der Waals surface area contributed by atoms with Crippen LogP contribution in [-0.2, 0) is 9.47 Å². The summed E-state index contributed by atoms with van der Waals surface area (Å²) in [6.45, 7) is 2.18. The molecular weight excluding hydrogens is 248 g/mol. The van der Waals surface area contributed by atoms with Crippen LogP contribution < -0.4 is 15.2 Å². The molecule has 0 aliphatic carbocycles. The second-order valence-corrected chi connectivity index (χ2v) is 4.55. The molecule has 1 aromatic rings. The summed E-state index contributed by atoms with van der Waals surface area (Å²) in [6.07, 6.45) is -0.00717. The van der Waals surface area contributed by atoms with Crippen LogP contribution in [0.2, 0.25) is 0 Å². The number of nitrogens with two attached hydrogens (primary N) is 1. The zero-order valence-electron chi connectivity index (χ0n) is 10.3. The van der Waals surface area contributed by atoms with Gasteiger partial charge >= 0.3 is 0 Å². The quantitative estimate of drug-likeness (QED) is 0.803. The van der Waals surface area contributed by atoms with Crippen molar-refractivity contribution in [2.75, 3.05) is 32.2 Å². The molecule has 2 N–H and O–H groups in total. The molecule has 0 aromatic heterocycles. The Morgan fingerprint density at radius 2 is 1.53 bits per heavy atom. The van der Waals surface area contributed by atoms with E-state index in [-0.39, 0.29) is 12.2 Å². The summed E-state index contributed by atoms with van der Waals surface area (Å²) < 4.78 is 21.5. The third-order valence-corrected chi connectivity index (χ3v) is 3.04. The third-order valence-electron chi connectivity index (χ3n) is 3.04. The van der Waals surface area contributed by atoms with Crippen LogP contribution in [0.3, 0.4) is 0 Å². The van der Waals surface area contributed by atoms with E-state index < -0.39 is 0 Å². The Balaban J connectivity index is 1.84. The fraction of sp³-hybridized carbons (Fsp3) is 0.462. The molecule has 1 aromatic carbocycles. The van der Waals surface area contributed by atoms with E-state index >= 15 is 0 Å². The Morgan fingerprint density at radius 1 is 1.05 bits per heavy atom. The summed E-state index contributed by atoms with van der Waals surface area (Å²) in [4.78, 5) is 0. The number of nitrogen functional groups attached to an aromatic ring is 1. The first-order chi connectivity index (χ1) is 9.26. The van der Waals surface area contributed by atoms with Crippen LogP contribution >= 0.6 is 0 Å². The highest BCUT2D eigenvalue weighted by molar-refractivity contribution is 5.66. The maximum absolute atomic E-state index is 9.04. The van der Waals surface area contributed by atoms with E-state index in [0.717, 1.165) is 0 Å². The molecule has 0 saturated carbocycles. The molecule has 100 valence electrons. The second kappa shape index (κ2) is 4.96. The van der Waals surface area contributed by atoms with Crippen molar-refractivity contribution in [1.82, 2.24) is 0 Å². The van der Waals surface area contributed by atoms with E-state index in [0.29, 0.717) is 49.2 Å². The maximum atomic E-state index is 9.04. The van der Waals surface area contributed by atoms with Crippen LogP contribution in [0.15, 0.2) is 12.1 Å². The van der Waals surface area contributed by atoms with Crippen LogP contribution in [0.25, 0.3) is 0 Å². The van der Waals surface area contributed by atoms with Gasteiger partial charge in [0, 0.05) is 12.1 Å². The maximum Gasteiger partial charge on any atom is 0.148 e. The van der Waals surface area contributed by atoms with Crippen molar-refractivity contribution in [3.8, 4) is 17.6 Å². The van der Waals surface area contributed by atoms with Crippen LogP contribution in [-0.4, -0.2) is 38.6 Å². The van der Waals surface area contributed by atoms with Gasteiger partial charge in [-0.2, -0.15) is 5.26 Å². The van der Waals surface area contributed by atoms with Gasteiger partial charge in [-0.3, -0.25) is 0 Å². The number of hydrogen-bond donors (Lipinski definition) is 1. The summed E-state index contributed by atoms with van der Waals surface area (Å²) >= 11 is 0. The number of nitriles is 1. The minimum absolute atomic E-state index is 0.00358. The van der Waals surface area contributed by atoms with Crippen molar-refractivity contribution in [2.45, 2.75) is 12.2 Å². The highest BCUT2D eigenvalue weighted by Crippen LogP contribution is 2.35. The van der Waals surface area contributed by atoms with E-state index in [1.807, 2.05) is 0 Å². The highest BCUT2D eigenvalue weighted by atomic mass is 16.6. The lowest BCUT2D eigenvalue weighted by Crippen LogP contribution is -2.39. The second-order valence-electron chi connectivity index (χ2n) is 4.55. The van der Waals surface area contributed by atoms with Gasteiger partial charge in [0.05, 0.1) is 38.1 Å². The molecule has 0 spiro atoms. The molecule has 6 heteroatoms. The molecule has 2 heterocycles. The minimum atomic E-state index is -0.00358. The molecule has 2 aliphatic rings. The zero-order valence-corrected chi connectivity index (χ0v) is 10.3. The van der Waals surface area contributed by atoms with E-state index in [1.165, 1.54) is 0 Å². The number of hydrogen-bond acceptors (Lipinski definition) is 6. The Hall–Kier alpha value is -1.97. The molecule has 6 nitrogen and oxygen atoms in total. The highest BCUT2D eigenvalue weighted by Gasteiger charge is 2.25. The van der Waals surface area contributed by atoms with Gasteiger partial charge in [0.2, 0.25) is 0 Å². The molecule has 19 heavy (non-hydrogen) atoms. The van der Waals surface area contributed by atoms with Crippen molar-refractivity contribution >= 4 is 5.69 Å². The Morgan fingerprint density at radius 3 is 1.84 bits per heavy atom. The molecule has 2 fully saturated rings. The lowest BCUT2D eigenvalue weighted by Gasteiger charge is -2.29. The van der Waals surface area contributed by atoms with Gasteiger partial charge in [-0.15, -0.1) is 0 Å². The third kappa shape index (κ3) is 2.43. The minimum Gasteiger partial charge on any atom is -0.483 e. The van der Waals surface area contributed by atoms with E-state index in [1.54, 1.807) is 12.1 Å². The van der Waals surface area contributed by atoms with Crippen LogP contribution in [0.1, 0.15) is 5.56 Å². The topological polar surface area (TPSA) is 86.7 Å². The van der Waals surface area contributed by atoms with Gasteiger partial charge in [-0.05, 0) is 0 Å². The largest absolute Gasteiger partial charge is 0.483 e. The summed E-state index contributed by atoms with van der Waals surface area (Å²) in [5.74, 6) is 0.949. The van der Waals surface area contributed by atoms with Crippen LogP contribution in [0.5, 0.6) is 11.5 Å². The first-order valence-electron chi connectivity index (χ1n) is 6.08. The zero-order chi connectivity index (χ0) is 13.2. The summed E-state index contributed by atoms with van der Waals surface area (Å²) in [5, 5.41) is 9.04. The van der Waals surface area contributed by atoms with Gasteiger partial charge in [-0.25, -0.2) is 0 Å². The fourth-order valence-corrected chi connectivity index (χ4v) is 1.78. The Bertz CT molecular complexity index is 481. The molecule has 3 rings (SSSR count). The molecule has 0 atom stereocenters. The summed E-state index contributed by atoms with van der Waals surface area (Å²) in [7, 11) is 0. The van der Waals surface area contributed by atoms with Gasteiger partial charge in [-0.1, -0.05) is 0 Å². The van der Waals surface area contributed by atoms with E-state index in [4.69, 9.17) is 29.9 Å². The van der Waals surface area contributed by atoms with Gasteiger partial charge in [0.1, 0.15) is 29.4 Å². The number of ether oxygens (including phenoxy) is 4. The van der Waals surface area contributed by atoms with Gasteiger partial charge < -0.3 is 24.7 Å². The Kier molecular flexibility index (Phi) is 3.15.